The molecule has 0 unspecified atom stereocenters. The Kier molecular flexibility index (Phi) is 9.40. The quantitative estimate of drug-likeness (QED) is 0.162. The van der Waals surface area contributed by atoms with Crippen LogP contribution >= 0.6 is 0 Å². The molecule has 2 nitrogen and oxygen atoms in total. The van der Waals surface area contributed by atoms with E-state index in [0.29, 0.717) is 0 Å². The molecule has 8 aromatic carbocycles. The number of benzene rings is 8. The van der Waals surface area contributed by atoms with E-state index >= 15 is 0 Å². The highest BCUT2D eigenvalue weighted by Gasteiger charge is 2.45. The molecule has 0 amide bonds. The van der Waals surface area contributed by atoms with E-state index in [1.165, 1.54) is 117 Å². The fourth-order valence-electron chi connectivity index (χ4n) is 13.4. The largest absolute Gasteiger partial charge is 0.311 e. The SMILES string of the molecule is CC(C)(C)c1ccc2c(c1)B1c3cc(C(C)(C)C)ccc3N(c3ccc(-c4cccc5c4-c4ccccc4C5(C)C)cc3)c3cccc(c31)N2c1ccc(C2=CCCC3=C2c2ccccc2C3(C)C)cc1. The Labute approximate surface area is 422 Å². The summed E-state index contributed by atoms with van der Waals surface area (Å²) in [6, 6.07) is 65.6. The normalized spacial score (nSPS) is 16.6. The van der Waals surface area contributed by atoms with Crippen LogP contribution in [0, 0.1) is 0 Å². The van der Waals surface area contributed by atoms with Crippen LogP contribution in [-0.2, 0) is 21.7 Å². The van der Waals surface area contributed by atoms with Crippen LogP contribution in [0.3, 0.4) is 0 Å². The Hall–Kier alpha value is -7.10. The molecule has 0 N–H and O–H groups in total. The molecule has 0 fully saturated rings. The number of hydrogen-bond acceptors (Lipinski definition) is 2. The molecule has 0 radical (unpaired) electrons. The summed E-state index contributed by atoms with van der Waals surface area (Å²) < 4.78 is 0. The molecule has 348 valence electrons. The summed E-state index contributed by atoms with van der Waals surface area (Å²) >= 11 is 0. The zero-order chi connectivity index (χ0) is 48.9. The Balaban J connectivity index is 0.973. The highest BCUT2D eigenvalue weighted by atomic mass is 15.2. The van der Waals surface area contributed by atoms with Crippen molar-refractivity contribution in [3.8, 4) is 22.3 Å². The van der Waals surface area contributed by atoms with E-state index < -0.39 is 0 Å². The molecule has 3 heteroatoms. The maximum absolute atomic E-state index is 2.56. The lowest BCUT2D eigenvalue weighted by Crippen LogP contribution is -2.61. The van der Waals surface area contributed by atoms with Gasteiger partial charge in [-0.15, -0.1) is 0 Å². The molecular weight excluding hydrogens is 856 g/mol. The van der Waals surface area contributed by atoms with Crippen molar-refractivity contribution in [1.29, 1.82) is 0 Å². The minimum Gasteiger partial charge on any atom is -0.311 e. The minimum absolute atomic E-state index is 0.0226. The fourth-order valence-corrected chi connectivity index (χ4v) is 13.4. The molecule has 0 saturated heterocycles. The molecule has 8 aromatic rings. The first-order chi connectivity index (χ1) is 34.0. The van der Waals surface area contributed by atoms with Crippen molar-refractivity contribution >= 4 is 68.4 Å². The zero-order valence-electron chi connectivity index (χ0n) is 43.1. The average Bonchev–Trinajstić information content (AvgIpc) is 3.76. The molecular formula is C68H63BN2. The lowest BCUT2D eigenvalue weighted by atomic mass is 9.33. The number of nitrogens with zero attached hydrogens (tertiary/aromatic N) is 2. The van der Waals surface area contributed by atoms with E-state index in [1.54, 1.807) is 5.57 Å². The molecule has 2 aliphatic heterocycles. The van der Waals surface area contributed by atoms with Gasteiger partial charge in [0.15, 0.2) is 0 Å². The molecule has 5 aliphatic rings. The summed E-state index contributed by atoms with van der Waals surface area (Å²) in [6.07, 6.45) is 4.67. The van der Waals surface area contributed by atoms with Gasteiger partial charge in [0.2, 0.25) is 0 Å². The van der Waals surface area contributed by atoms with Crippen LogP contribution < -0.4 is 26.2 Å². The standard InChI is InChI=1S/C68H63BN2/c1-65(2,3)44-32-38-58-56(40-44)69-57-41-45(66(4,5)6)33-39-59(57)71(47-36-30-43(31-37-47)49-21-16-25-55-63(49)51-19-12-14-23-53(51)68(55,9)10)61-27-17-26-60(64(61)69)70(58)46-34-28-42(29-35-46)48-20-15-24-54-62(48)50-18-11-13-22-52(50)67(54,7)8/h11-15,17-24,26-41H,16,25H2,1-10H3. The molecule has 2 heterocycles. The molecule has 13 rings (SSSR count). The first-order valence-electron chi connectivity index (χ1n) is 26.0. The van der Waals surface area contributed by atoms with Crippen LogP contribution in [0.1, 0.15) is 121 Å². The van der Waals surface area contributed by atoms with Crippen molar-refractivity contribution < 1.29 is 0 Å². The van der Waals surface area contributed by atoms with Crippen LogP contribution in [-0.4, -0.2) is 6.71 Å². The summed E-state index contributed by atoms with van der Waals surface area (Å²) in [6.45, 7) is 23.7. The van der Waals surface area contributed by atoms with Gasteiger partial charge in [-0.25, -0.2) is 0 Å². The van der Waals surface area contributed by atoms with Gasteiger partial charge in [-0.05, 0) is 161 Å². The van der Waals surface area contributed by atoms with Gasteiger partial charge in [0, 0.05) is 45.0 Å². The average molecular weight is 919 g/mol. The first kappa shape index (κ1) is 43.9. The minimum atomic E-state index is -0.0505. The molecule has 0 bridgehead atoms. The van der Waals surface area contributed by atoms with E-state index in [9.17, 15) is 0 Å². The molecule has 3 aliphatic carbocycles. The van der Waals surface area contributed by atoms with Gasteiger partial charge >= 0.3 is 0 Å². The Morgan fingerprint density at radius 1 is 0.451 bits per heavy atom. The predicted molar refractivity (Wildman–Crippen MR) is 304 cm³/mol. The van der Waals surface area contributed by atoms with Crippen LogP contribution in [0.2, 0.25) is 0 Å². The van der Waals surface area contributed by atoms with Crippen molar-refractivity contribution in [2.75, 3.05) is 9.80 Å². The van der Waals surface area contributed by atoms with E-state index in [1.807, 2.05) is 0 Å². The van der Waals surface area contributed by atoms with Gasteiger partial charge in [0.1, 0.15) is 0 Å². The van der Waals surface area contributed by atoms with Crippen LogP contribution in [0.5, 0.6) is 0 Å². The van der Waals surface area contributed by atoms with Gasteiger partial charge in [0.05, 0.1) is 0 Å². The molecule has 0 atom stereocenters. The van der Waals surface area contributed by atoms with Crippen molar-refractivity contribution in [2.45, 2.75) is 104 Å². The fraction of sp³-hybridized carbons (Fsp3) is 0.235. The summed E-state index contributed by atoms with van der Waals surface area (Å²) in [5.74, 6) is 0. The monoisotopic (exact) mass is 919 g/mol. The number of fused-ring (bicyclic) bond motifs is 9. The van der Waals surface area contributed by atoms with Gasteiger partial charge in [-0.3, -0.25) is 0 Å². The second-order valence-electron chi connectivity index (χ2n) is 24.0. The molecule has 71 heavy (non-hydrogen) atoms. The third-order valence-electron chi connectivity index (χ3n) is 17.1. The summed E-state index contributed by atoms with van der Waals surface area (Å²) in [7, 11) is 0. The maximum Gasteiger partial charge on any atom is 0.252 e. The van der Waals surface area contributed by atoms with Crippen LogP contribution in [0.4, 0.5) is 34.1 Å². The van der Waals surface area contributed by atoms with E-state index in [4.69, 9.17) is 0 Å². The van der Waals surface area contributed by atoms with Gasteiger partial charge in [0.25, 0.3) is 6.71 Å². The molecule has 0 saturated carbocycles. The first-order valence-corrected chi connectivity index (χ1v) is 26.0. The van der Waals surface area contributed by atoms with Gasteiger partial charge in [-0.1, -0.05) is 202 Å². The topological polar surface area (TPSA) is 6.48 Å². The Morgan fingerprint density at radius 2 is 0.944 bits per heavy atom. The van der Waals surface area contributed by atoms with Crippen molar-refractivity contribution in [2.24, 2.45) is 0 Å². The summed E-state index contributed by atoms with van der Waals surface area (Å²) in [5, 5.41) is 0. The maximum atomic E-state index is 2.56. The zero-order valence-corrected chi connectivity index (χ0v) is 43.1. The summed E-state index contributed by atoms with van der Waals surface area (Å²) in [4.78, 5) is 5.11. The van der Waals surface area contributed by atoms with E-state index in [0.717, 1.165) is 18.5 Å². The Bertz CT molecular complexity index is 3600. The highest BCUT2D eigenvalue weighted by Crippen LogP contribution is 2.56. The van der Waals surface area contributed by atoms with Crippen LogP contribution in [0.25, 0.3) is 33.4 Å². The third kappa shape index (κ3) is 6.40. The lowest BCUT2D eigenvalue weighted by Gasteiger charge is -2.44. The Morgan fingerprint density at radius 3 is 1.52 bits per heavy atom. The van der Waals surface area contributed by atoms with Crippen LogP contribution in [0.15, 0.2) is 182 Å². The van der Waals surface area contributed by atoms with Gasteiger partial charge in [-0.2, -0.15) is 0 Å². The van der Waals surface area contributed by atoms with E-state index in [2.05, 4.69) is 255 Å². The lowest BCUT2D eigenvalue weighted by molar-refractivity contribution is 0.590. The number of anilines is 6. The number of rotatable bonds is 4. The van der Waals surface area contributed by atoms with Crippen molar-refractivity contribution in [1.82, 2.24) is 0 Å². The van der Waals surface area contributed by atoms with Crippen molar-refractivity contribution in [3.63, 3.8) is 0 Å². The molecule has 0 spiro atoms. The second kappa shape index (κ2) is 15.2. The summed E-state index contributed by atoms with van der Waals surface area (Å²) in [5.41, 5.74) is 30.6. The number of allylic oxidation sites excluding steroid dienone is 4. The third-order valence-corrected chi connectivity index (χ3v) is 17.1. The van der Waals surface area contributed by atoms with E-state index in [-0.39, 0.29) is 28.4 Å². The predicted octanol–water partition coefficient (Wildman–Crippen LogP) is 16.3. The number of hydrogen-bond donors (Lipinski definition) is 0. The molecule has 0 aromatic heterocycles. The van der Waals surface area contributed by atoms with Crippen molar-refractivity contribution in [3.05, 3.63) is 220 Å². The van der Waals surface area contributed by atoms with Gasteiger partial charge < -0.3 is 9.80 Å². The second-order valence-corrected chi connectivity index (χ2v) is 24.0. The smallest absolute Gasteiger partial charge is 0.252 e. The highest BCUT2D eigenvalue weighted by molar-refractivity contribution is 7.00.